The molecule has 0 aromatic heterocycles. The number of hydrogen-bond donors (Lipinski definition) is 1. The standard InChI is InChI=1S/C4H2N2S/c5-1-4-2-6-7-3-4/h3,6H. The van der Waals surface area contributed by atoms with E-state index in [1.807, 2.05) is 6.07 Å². The van der Waals surface area contributed by atoms with Crippen LogP contribution in [0.1, 0.15) is 0 Å². The fraction of sp³-hybridized carbons (Fsp3) is 0. The first-order chi connectivity index (χ1) is 3.43. The monoisotopic (exact) mass is 110 g/mol. The van der Waals surface area contributed by atoms with E-state index in [9.17, 15) is 0 Å². The zero-order chi connectivity index (χ0) is 5.11. The van der Waals surface area contributed by atoms with Gasteiger partial charge in [-0.2, -0.15) is 5.26 Å². The Morgan fingerprint density at radius 2 is 2.86 bits per heavy atom. The molecule has 0 saturated heterocycles. The second-order valence-electron chi connectivity index (χ2n) is 0.988. The van der Waals surface area contributed by atoms with Crippen LogP contribution in [0.5, 0.6) is 0 Å². The van der Waals surface area contributed by atoms with Gasteiger partial charge in [-0.05, 0) is 0 Å². The van der Waals surface area contributed by atoms with Crippen LogP contribution in [0, 0.1) is 17.9 Å². The quantitative estimate of drug-likeness (QED) is 0.466. The molecule has 2 nitrogen and oxygen atoms in total. The molecule has 0 amide bonds. The van der Waals surface area contributed by atoms with E-state index in [-0.39, 0.29) is 0 Å². The van der Waals surface area contributed by atoms with E-state index < -0.39 is 0 Å². The van der Waals surface area contributed by atoms with Crippen molar-refractivity contribution >= 4 is 11.9 Å². The van der Waals surface area contributed by atoms with Crippen molar-refractivity contribution in [3.63, 3.8) is 0 Å². The van der Waals surface area contributed by atoms with Gasteiger partial charge in [0.25, 0.3) is 0 Å². The van der Waals surface area contributed by atoms with Crippen LogP contribution in [0.3, 0.4) is 0 Å². The number of hydrogen-bond acceptors (Lipinski definition) is 3. The molecule has 0 aromatic rings. The van der Waals surface area contributed by atoms with Gasteiger partial charge < -0.3 is 0 Å². The Morgan fingerprint density at radius 1 is 2.00 bits per heavy atom. The van der Waals surface area contributed by atoms with E-state index >= 15 is 0 Å². The highest BCUT2D eigenvalue weighted by molar-refractivity contribution is 8.00. The lowest BCUT2D eigenvalue weighted by Crippen LogP contribution is -1.88. The van der Waals surface area contributed by atoms with Gasteiger partial charge in [0.05, 0.1) is 11.6 Å². The molecule has 0 spiro atoms. The van der Waals surface area contributed by atoms with Gasteiger partial charge in [-0.3, -0.25) is 0 Å². The van der Waals surface area contributed by atoms with Gasteiger partial charge in [-0.15, -0.1) is 0 Å². The van der Waals surface area contributed by atoms with E-state index in [4.69, 9.17) is 5.26 Å². The maximum Gasteiger partial charge on any atom is 0.116 e. The second-order valence-corrected chi connectivity index (χ2v) is 1.66. The van der Waals surface area contributed by atoms with Crippen LogP contribution in [-0.4, -0.2) is 0 Å². The summed E-state index contributed by atoms with van der Waals surface area (Å²) in [6.45, 7) is 2.62. The molecule has 0 aliphatic carbocycles. The molecule has 2 radical (unpaired) electrons. The number of nitrogens with one attached hydrogen (secondary N) is 1. The summed E-state index contributed by atoms with van der Waals surface area (Å²) in [5.41, 5.74) is 0.574. The van der Waals surface area contributed by atoms with Crippen molar-refractivity contribution in [2.75, 3.05) is 0 Å². The smallest absolute Gasteiger partial charge is 0.116 e. The van der Waals surface area contributed by atoms with E-state index in [2.05, 4.69) is 11.3 Å². The van der Waals surface area contributed by atoms with Gasteiger partial charge in [-0.25, -0.2) is 4.72 Å². The van der Waals surface area contributed by atoms with Crippen molar-refractivity contribution in [1.82, 2.24) is 4.72 Å². The average Bonchev–Trinajstić information content (AvgIpc) is 2.14. The van der Waals surface area contributed by atoms with Crippen LogP contribution < -0.4 is 4.72 Å². The molecule has 0 atom stereocenters. The average molecular weight is 110 g/mol. The van der Waals surface area contributed by atoms with Crippen LogP contribution in [-0.2, 0) is 0 Å². The van der Waals surface area contributed by atoms with Gasteiger partial charge in [-0.1, -0.05) is 11.9 Å². The van der Waals surface area contributed by atoms with E-state index in [1.165, 1.54) is 11.9 Å². The molecule has 1 N–H and O–H groups in total. The summed E-state index contributed by atoms with van der Waals surface area (Å²) in [6.07, 6.45) is 0. The number of nitrogens with zero attached hydrogens (tertiary/aromatic N) is 1. The minimum atomic E-state index is 0.574. The van der Waals surface area contributed by atoms with E-state index in [0.717, 1.165) is 0 Å². The fourth-order valence-corrected chi connectivity index (χ4v) is 0.714. The first-order valence-electron chi connectivity index (χ1n) is 1.70. The molecule has 0 aromatic carbocycles. The van der Waals surface area contributed by atoms with Crippen LogP contribution in [0.4, 0.5) is 0 Å². The third-order valence-electron chi connectivity index (χ3n) is 0.542. The lowest BCUT2D eigenvalue weighted by molar-refractivity contribution is 1.28. The predicted octanol–water partition coefficient (Wildman–Crippen LogP) is 0.684. The zero-order valence-corrected chi connectivity index (χ0v) is 4.25. The highest BCUT2D eigenvalue weighted by Gasteiger charge is 2.01. The van der Waals surface area contributed by atoms with Gasteiger partial charge in [0.15, 0.2) is 0 Å². The minimum Gasteiger partial charge on any atom is -0.244 e. The molecule has 0 unspecified atom stereocenters. The Kier molecular flexibility index (Phi) is 1.35. The van der Waals surface area contributed by atoms with Crippen molar-refractivity contribution in [3.8, 4) is 6.07 Å². The molecular weight excluding hydrogens is 108 g/mol. The fourth-order valence-electron chi connectivity index (χ4n) is 0.257. The molecule has 34 valence electrons. The van der Waals surface area contributed by atoms with E-state index in [0.29, 0.717) is 5.57 Å². The van der Waals surface area contributed by atoms with Crippen molar-refractivity contribution in [2.24, 2.45) is 0 Å². The highest BCUT2D eigenvalue weighted by atomic mass is 32.2. The Morgan fingerprint density at radius 3 is 3.14 bits per heavy atom. The number of nitriles is 1. The van der Waals surface area contributed by atoms with E-state index in [1.54, 1.807) is 5.41 Å². The van der Waals surface area contributed by atoms with Crippen LogP contribution in [0.15, 0.2) is 11.0 Å². The summed E-state index contributed by atoms with van der Waals surface area (Å²) < 4.78 is 2.67. The Balaban J connectivity index is 2.57. The highest BCUT2D eigenvalue weighted by Crippen LogP contribution is 2.12. The molecule has 0 saturated carbocycles. The van der Waals surface area contributed by atoms with Crippen molar-refractivity contribution in [2.45, 2.75) is 0 Å². The first kappa shape index (κ1) is 4.69. The Hall–Kier alpha value is -0.460. The molecule has 3 heteroatoms. The van der Waals surface area contributed by atoms with Crippen LogP contribution >= 0.6 is 11.9 Å². The molecule has 1 aliphatic heterocycles. The molecule has 0 bridgehead atoms. The normalized spacial score (nSPS) is 18.4. The molecule has 7 heavy (non-hydrogen) atoms. The van der Waals surface area contributed by atoms with Crippen LogP contribution in [0.2, 0.25) is 0 Å². The SMILES string of the molecule is N#CC1=CSN[C]1. The van der Waals surface area contributed by atoms with Gasteiger partial charge in [0, 0.05) is 5.41 Å². The minimum absolute atomic E-state index is 0.574. The Bertz CT molecular complexity index is 133. The Labute approximate surface area is 46.3 Å². The predicted molar refractivity (Wildman–Crippen MR) is 27.7 cm³/mol. The van der Waals surface area contributed by atoms with Gasteiger partial charge in [0.1, 0.15) is 6.54 Å². The molecular formula is C4H2N2S. The maximum absolute atomic E-state index is 8.13. The molecule has 1 rings (SSSR count). The first-order valence-corrected chi connectivity index (χ1v) is 2.58. The third kappa shape index (κ3) is 0.952. The van der Waals surface area contributed by atoms with Crippen molar-refractivity contribution in [1.29, 1.82) is 5.26 Å². The summed E-state index contributed by atoms with van der Waals surface area (Å²) >= 11 is 1.36. The summed E-state index contributed by atoms with van der Waals surface area (Å²) in [6, 6.07) is 1.93. The molecule has 1 heterocycles. The van der Waals surface area contributed by atoms with Gasteiger partial charge in [0.2, 0.25) is 0 Å². The topological polar surface area (TPSA) is 35.8 Å². The third-order valence-corrected chi connectivity index (χ3v) is 1.12. The zero-order valence-electron chi connectivity index (χ0n) is 3.43. The summed E-state index contributed by atoms with van der Waals surface area (Å²) in [4.78, 5) is 0. The van der Waals surface area contributed by atoms with Crippen molar-refractivity contribution < 1.29 is 0 Å². The van der Waals surface area contributed by atoms with Crippen LogP contribution in [0.25, 0.3) is 0 Å². The molecule has 0 fully saturated rings. The summed E-state index contributed by atoms with van der Waals surface area (Å²) in [5.74, 6) is 0. The van der Waals surface area contributed by atoms with Gasteiger partial charge >= 0.3 is 0 Å². The number of rotatable bonds is 0. The largest absolute Gasteiger partial charge is 0.244 e. The summed E-state index contributed by atoms with van der Waals surface area (Å²) in [7, 11) is 0. The maximum atomic E-state index is 8.13. The van der Waals surface area contributed by atoms with Crippen molar-refractivity contribution in [3.05, 3.63) is 17.5 Å². The second kappa shape index (κ2) is 2.01. The lowest BCUT2D eigenvalue weighted by atomic mass is 10.4. The molecule has 1 aliphatic rings. The summed E-state index contributed by atoms with van der Waals surface area (Å²) in [5, 5.41) is 9.84. The lowest BCUT2D eigenvalue weighted by Gasteiger charge is -1.77.